The number of aryl methyl sites for hydroxylation is 3. The van der Waals surface area contributed by atoms with Gasteiger partial charge in [0, 0.05) is 0 Å². The van der Waals surface area contributed by atoms with E-state index in [0.717, 1.165) is 18.4 Å². The maximum absolute atomic E-state index is 3.34. The second kappa shape index (κ2) is 6.94. The molecule has 0 amide bonds. The molecule has 0 heterocycles. The third-order valence-electron chi connectivity index (χ3n) is 3.63. The molecule has 0 aliphatic carbocycles. The van der Waals surface area contributed by atoms with Crippen molar-refractivity contribution in [3.8, 4) is 0 Å². The van der Waals surface area contributed by atoms with Crippen LogP contribution in [0.3, 0.4) is 0 Å². The van der Waals surface area contributed by atoms with Gasteiger partial charge in [0.2, 0.25) is 0 Å². The first kappa shape index (κ1) is 15.2. The molecule has 0 saturated heterocycles. The first-order valence-electron chi connectivity index (χ1n) is 7.15. The standard InChI is InChI=1S/C17H29N/c1-12(2)7-16(11-18-6)10-17-14(4)8-13(3)9-15(17)5/h8-9,12,16,18H,7,10-11H2,1-6H3. The second-order valence-corrected chi connectivity index (χ2v) is 6.13. The van der Waals surface area contributed by atoms with Crippen LogP contribution in [0.1, 0.15) is 42.5 Å². The molecular formula is C17H29N. The fraction of sp³-hybridized carbons (Fsp3) is 0.647. The average molecular weight is 247 g/mol. The molecule has 18 heavy (non-hydrogen) atoms. The van der Waals surface area contributed by atoms with Crippen LogP contribution in [-0.4, -0.2) is 13.6 Å². The molecule has 1 aromatic rings. The van der Waals surface area contributed by atoms with Crippen LogP contribution in [0.25, 0.3) is 0 Å². The molecule has 1 nitrogen and oxygen atoms in total. The molecule has 0 saturated carbocycles. The Kier molecular flexibility index (Phi) is 5.87. The Labute approximate surface area is 113 Å². The zero-order chi connectivity index (χ0) is 13.7. The maximum atomic E-state index is 3.34. The highest BCUT2D eigenvalue weighted by Gasteiger charge is 2.14. The Balaban J connectivity index is 2.86. The number of hydrogen-bond acceptors (Lipinski definition) is 1. The van der Waals surface area contributed by atoms with Crippen LogP contribution < -0.4 is 5.32 Å². The summed E-state index contributed by atoms with van der Waals surface area (Å²) in [6.45, 7) is 12.4. The van der Waals surface area contributed by atoms with Gasteiger partial charge in [-0.2, -0.15) is 0 Å². The van der Waals surface area contributed by atoms with Crippen LogP contribution in [0.4, 0.5) is 0 Å². The minimum absolute atomic E-state index is 0.745. The Morgan fingerprint density at radius 1 is 1.06 bits per heavy atom. The molecule has 0 bridgehead atoms. The molecule has 1 heteroatoms. The zero-order valence-corrected chi connectivity index (χ0v) is 12.9. The van der Waals surface area contributed by atoms with E-state index in [1.54, 1.807) is 5.56 Å². The summed E-state index contributed by atoms with van der Waals surface area (Å²) in [7, 11) is 2.06. The van der Waals surface area contributed by atoms with E-state index < -0.39 is 0 Å². The van der Waals surface area contributed by atoms with Crippen molar-refractivity contribution in [1.82, 2.24) is 5.32 Å². The van der Waals surface area contributed by atoms with Crippen molar-refractivity contribution in [3.63, 3.8) is 0 Å². The van der Waals surface area contributed by atoms with E-state index in [4.69, 9.17) is 0 Å². The Morgan fingerprint density at radius 2 is 1.61 bits per heavy atom. The fourth-order valence-electron chi connectivity index (χ4n) is 3.01. The van der Waals surface area contributed by atoms with Gasteiger partial charge in [-0.3, -0.25) is 0 Å². The number of hydrogen-bond donors (Lipinski definition) is 1. The van der Waals surface area contributed by atoms with Crippen LogP contribution >= 0.6 is 0 Å². The lowest BCUT2D eigenvalue weighted by molar-refractivity contribution is 0.394. The molecule has 0 spiro atoms. The third kappa shape index (κ3) is 4.45. The van der Waals surface area contributed by atoms with Gasteiger partial charge in [-0.05, 0) is 75.7 Å². The normalized spacial score (nSPS) is 13.1. The molecule has 0 aliphatic rings. The zero-order valence-electron chi connectivity index (χ0n) is 12.9. The lowest BCUT2D eigenvalue weighted by Gasteiger charge is -2.21. The molecule has 0 fully saturated rings. The molecule has 1 aromatic carbocycles. The summed E-state index contributed by atoms with van der Waals surface area (Å²) < 4.78 is 0. The van der Waals surface area contributed by atoms with Crippen molar-refractivity contribution in [2.75, 3.05) is 13.6 Å². The van der Waals surface area contributed by atoms with Crippen LogP contribution in [0.5, 0.6) is 0 Å². The first-order valence-corrected chi connectivity index (χ1v) is 7.15. The highest BCUT2D eigenvalue weighted by Crippen LogP contribution is 2.23. The number of rotatable bonds is 6. The molecule has 1 N–H and O–H groups in total. The van der Waals surface area contributed by atoms with Crippen molar-refractivity contribution in [2.24, 2.45) is 11.8 Å². The smallest absolute Gasteiger partial charge is 0.00202 e. The quantitative estimate of drug-likeness (QED) is 0.800. The van der Waals surface area contributed by atoms with E-state index in [9.17, 15) is 0 Å². The average Bonchev–Trinajstić information content (AvgIpc) is 2.22. The van der Waals surface area contributed by atoms with Gasteiger partial charge in [0.05, 0.1) is 0 Å². The predicted molar refractivity (Wildman–Crippen MR) is 81.2 cm³/mol. The largest absolute Gasteiger partial charge is 0.319 e. The summed E-state index contributed by atoms with van der Waals surface area (Å²) >= 11 is 0. The van der Waals surface area contributed by atoms with Crippen molar-refractivity contribution < 1.29 is 0 Å². The molecule has 0 radical (unpaired) electrons. The minimum atomic E-state index is 0.745. The SMILES string of the molecule is CNCC(Cc1c(C)cc(C)cc1C)CC(C)C. The van der Waals surface area contributed by atoms with Crippen molar-refractivity contribution in [3.05, 3.63) is 34.4 Å². The molecule has 1 atom stereocenters. The topological polar surface area (TPSA) is 12.0 Å². The van der Waals surface area contributed by atoms with E-state index >= 15 is 0 Å². The Hall–Kier alpha value is -0.820. The van der Waals surface area contributed by atoms with Crippen LogP contribution in [0.15, 0.2) is 12.1 Å². The second-order valence-electron chi connectivity index (χ2n) is 6.13. The van der Waals surface area contributed by atoms with E-state index in [-0.39, 0.29) is 0 Å². The number of nitrogens with one attached hydrogen (secondary N) is 1. The molecule has 1 unspecified atom stereocenters. The van der Waals surface area contributed by atoms with Gasteiger partial charge in [0.25, 0.3) is 0 Å². The third-order valence-corrected chi connectivity index (χ3v) is 3.63. The summed E-state index contributed by atoms with van der Waals surface area (Å²) in [5.74, 6) is 1.52. The van der Waals surface area contributed by atoms with Gasteiger partial charge in [-0.25, -0.2) is 0 Å². The van der Waals surface area contributed by atoms with E-state index in [1.807, 2.05) is 0 Å². The summed E-state index contributed by atoms with van der Waals surface area (Å²) in [5, 5.41) is 3.34. The summed E-state index contributed by atoms with van der Waals surface area (Å²) in [5.41, 5.74) is 5.85. The molecule has 1 rings (SSSR count). The highest BCUT2D eigenvalue weighted by molar-refractivity contribution is 5.37. The summed E-state index contributed by atoms with van der Waals surface area (Å²) in [6.07, 6.45) is 2.50. The number of benzene rings is 1. The highest BCUT2D eigenvalue weighted by atomic mass is 14.8. The lowest BCUT2D eigenvalue weighted by Crippen LogP contribution is -2.23. The van der Waals surface area contributed by atoms with Gasteiger partial charge >= 0.3 is 0 Å². The summed E-state index contributed by atoms with van der Waals surface area (Å²) in [6, 6.07) is 4.63. The van der Waals surface area contributed by atoms with Crippen molar-refractivity contribution in [1.29, 1.82) is 0 Å². The molecule has 0 aliphatic heterocycles. The fourth-order valence-corrected chi connectivity index (χ4v) is 3.01. The first-order chi connectivity index (χ1) is 8.43. The van der Waals surface area contributed by atoms with Crippen LogP contribution in [0, 0.1) is 32.6 Å². The van der Waals surface area contributed by atoms with E-state index in [0.29, 0.717) is 0 Å². The molecular weight excluding hydrogens is 218 g/mol. The summed E-state index contributed by atoms with van der Waals surface area (Å²) in [4.78, 5) is 0. The van der Waals surface area contributed by atoms with Gasteiger partial charge in [0.15, 0.2) is 0 Å². The monoisotopic (exact) mass is 247 g/mol. The van der Waals surface area contributed by atoms with Gasteiger partial charge in [-0.15, -0.1) is 0 Å². The Bertz CT molecular complexity index is 356. The lowest BCUT2D eigenvalue weighted by atomic mass is 9.87. The molecule has 102 valence electrons. The van der Waals surface area contributed by atoms with Crippen molar-refractivity contribution >= 4 is 0 Å². The maximum Gasteiger partial charge on any atom is -0.00202 e. The predicted octanol–water partition coefficient (Wildman–Crippen LogP) is 4.04. The van der Waals surface area contributed by atoms with E-state index in [2.05, 4.69) is 59.1 Å². The minimum Gasteiger partial charge on any atom is -0.319 e. The molecule has 0 aromatic heterocycles. The van der Waals surface area contributed by atoms with Gasteiger partial charge < -0.3 is 5.32 Å². The van der Waals surface area contributed by atoms with Gasteiger partial charge in [-0.1, -0.05) is 31.5 Å². The van der Waals surface area contributed by atoms with E-state index in [1.165, 1.54) is 29.5 Å². The Morgan fingerprint density at radius 3 is 2.06 bits per heavy atom. The van der Waals surface area contributed by atoms with Crippen LogP contribution in [0.2, 0.25) is 0 Å². The van der Waals surface area contributed by atoms with Crippen LogP contribution in [-0.2, 0) is 6.42 Å². The van der Waals surface area contributed by atoms with Gasteiger partial charge in [0.1, 0.15) is 0 Å². The van der Waals surface area contributed by atoms with Crippen molar-refractivity contribution in [2.45, 2.75) is 47.5 Å².